The molecule has 126 valence electrons. The van der Waals surface area contributed by atoms with Crippen LogP contribution in [-0.4, -0.2) is 37.3 Å². The van der Waals surface area contributed by atoms with E-state index in [9.17, 15) is 5.11 Å². The Morgan fingerprint density at radius 3 is 2.67 bits per heavy atom. The highest BCUT2D eigenvalue weighted by Crippen LogP contribution is 2.49. The number of nitrogens with zero attached hydrogens (tertiary/aromatic N) is 1. The number of piperidine rings is 1. The number of ether oxygens (including phenoxy) is 1. The van der Waals surface area contributed by atoms with Gasteiger partial charge < -0.3 is 14.7 Å². The molecule has 1 aromatic heterocycles. The van der Waals surface area contributed by atoms with Crippen LogP contribution in [0.4, 0.5) is 0 Å². The third-order valence-corrected chi connectivity index (χ3v) is 6.42. The van der Waals surface area contributed by atoms with Gasteiger partial charge in [-0.25, -0.2) is 0 Å². The molecule has 3 nitrogen and oxygen atoms in total. The average Bonchev–Trinajstić information content (AvgIpc) is 3.06. The molecule has 0 saturated carbocycles. The number of benzene rings is 1. The molecule has 1 aliphatic carbocycles. The highest BCUT2D eigenvalue weighted by molar-refractivity contribution is 7.11. The molecule has 1 aromatic carbocycles. The van der Waals surface area contributed by atoms with Gasteiger partial charge in [0.2, 0.25) is 0 Å². The fraction of sp³-hybridized carbons (Fsp3) is 0.400. The predicted molar refractivity (Wildman–Crippen MR) is 98.9 cm³/mol. The Bertz CT molecular complexity index is 773. The zero-order valence-electron chi connectivity index (χ0n) is 14.2. The minimum Gasteiger partial charge on any atom is -0.495 e. The van der Waals surface area contributed by atoms with Gasteiger partial charge in [0.1, 0.15) is 11.4 Å². The quantitative estimate of drug-likeness (QED) is 0.902. The van der Waals surface area contributed by atoms with Crippen LogP contribution in [-0.2, 0) is 10.3 Å². The van der Waals surface area contributed by atoms with Crippen LogP contribution in [0.3, 0.4) is 0 Å². The van der Waals surface area contributed by atoms with Crippen molar-refractivity contribution < 1.29 is 9.84 Å². The summed E-state index contributed by atoms with van der Waals surface area (Å²) in [6.45, 7) is 2.05. The van der Waals surface area contributed by atoms with Crippen molar-refractivity contribution in [2.24, 2.45) is 5.92 Å². The van der Waals surface area contributed by atoms with E-state index in [4.69, 9.17) is 4.74 Å². The summed E-state index contributed by atoms with van der Waals surface area (Å²) in [5.41, 5.74) is 2.11. The zero-order valence-corrected chi connectivity index (χ0v) is 15.0. The van der Waals surface area contributed by atoms with E-state index in [1.807, 2.05) is 12.1 Å². The summed E-state index contributed by atoms with van der Waals surface area (Å²) in [5, 5.41) is 14.1. The Labute approximate surface area is 147 Å². The molecule has 1 fully saturated rings. The second-order valence-corrected chi connectivity index (χ2v) is 7.72. The third-order valence-electron chi connectivity index (χ3n) is 5.49. The van der Waals surface area contributed by atoms with Gasteiger partial charge in [-0.3, -0.25) is 0 Å². The number of fused-ring (bicyclic) bond motifs is 2. The molecule has 2 heterocycles. The standard InChI is InChI=1S/C20H23NO2S/c1-21-10-7-15(8-11-21)20(22)16-6-4-3-5-14(16)13-18(23-2)19-17(20)9-12-24-19/h3-6,9,12-13,15,22H,7-8,10-11H2,1-2H3. The monoisotopic (exact) mass is 341 g/mol. The lowest BCUT2D eigenvalue weighted by atomic mass is 9.71. The number of hydrogen-bond acceptors (Lipinski definition) is 4. The number of likely N-dealkylation sites (tertiary alicyclic amines) is 1. The lowest BCUT2D eigenvalue weighted by molar-refractivity contribution is -0.0108. The molecule has 0 radical (unpaired) electrons. The van der Waals surface area contributed by atoms with Gasteiger partial charge in [-0.05, 0) is 67.5 Å². The molecule has 1 aliphatic heterocycles. The van der Waals surface area contributed by atoms with Gasteiger partial charge in [-0.1, -0.05) is 24.3 Å². The van der Waals surface area contributed by atoms with Crippen molar-refractivity contribution >= 4 is 23.2 Å². The van der Waals surface area contributed by atoms with E-state index in [1.54, 1.807) is 18.4 Å². The first-order valence-electron chi connectivity index (χ1n) is 8.49. The first-order valence-corrected chi connectivity index (χ1v) is 9.37. The molecule has 0 amide bonds. The fourth-order valence-electron chi connectivity index (χ4n) is 4.14. The largest absolute Gasteiger partial charge is 0.495 e. The molecule has 1 saturated heterocycles. The summed E-state index contributed by atoms with van der Waals surface area (Å²) in [7, 11) is 3.86. The summed E-state index contributed by atoms with van der Waals surface area (Å²) < 4.78 is 5.66. The second kappa shape index (κ2) is 6.03. The van der Waals surface area contributed by atoms with Gasteiger partial charge in [0.25, 0.3) is 0 Å². The van der Waals surface area contributed by atoms with E-state index in [0.29, 0.717) is 0 Å². The van der Waals surface area contributed by atoms with Crippen molar-refractivity contribution in [2.45, 2.75) is 18.4 Å². The van der Waals surface area contributed by atoms with Crippen molar-refractivity contribution in [2.75, 3.05) is 27.2 Å². The summed E-state index contributed by atoms with van der Waals surface area (Å²) in [4.78, 5) is 3.39. The van der Waals surface area contributed by atoms with Gasteiger partial charge in [-0.15, -0.1) is 11.3 Å². The summed E-state index contributed by atoms with van der Waals surface area (Å²) >= 11 is 1.65. The molecule has 0 spiro atoms. The first kappa shape index (κ1) is 15.9. The van der Waals surface area contributed by atoms with Crippen molar-refractivity contribution in [3.05, 3.63) is 57.3 Å². The molecule has 2 aliphatic rings. The molecule has 1 atom stereocenters. The zero-order chi connectivity index (χ0) is 16.7. The van der Waals surface area contributed by atoms with Crippen LogP contribution in [0.1, 0.15) is 34.4 Å². The fourth-order valence-corrected chi connectivity index (χ4v) is 5.09. The van der Waals surface area contributed by atoms with Gasteiger partial charge in [0.05, 0.1) is 12.0 Å². The highest BCUT2D eigenvalue weighted by Gasteiger charge is 2.45. The minimum atomic E-state index is -0.954. The molecular weight excluding hydrogens is 318 g/mol. The van der Waals surface area contributed by atoms with Gasteiger partial charge in [0, 0.05) is 5.56 Å². The van der Waals surface area contributed by atoms with Gasteiger partial charge in [-0.2, -0.15) is 0 Å². The van der Waals surface area contributed by atoms with Gasteiger partial charge in [0.15, 0.2) is 0 Å². The van der Waals surface area contributed by atoms with Crippen LogP contribution in [0.15, 0.2) is 35.7 Å². The molecule has 2 aromatic rings. The lowest BCUT2D eigenvalue weighted by Gasteiger charge is -2.41. The van der Waals surface area contributed by atoms with E-state index >= 15 is 0 Å². The van der Waals surface area contributed by atoms with E-state index in [1.165, 1.54) is 0 Å². The normalized spacial score (nSPS) is 24.7. The second-order valence-electron chi connectivity index (χ2n) is 6.81. The molecule has 4 heteroatoms. The Morgan fingerprint density at radius 2 is 1.92 bits per heavy atom. The highest BCUT2D eigenvalue weighted by atomic mass is 32.1. The molecular formula is C20H23NO2S. The summed E-state index contributed by atoms with van der Waals surface area (Å²) in [6, 6.07) is 10.3. The van der Waals surface area contributed by atoms with Crippen molar-refractivity contribution in [3.8, 4) is 0 Å². The van der Waals surface area contributed by atoms with E-state index in [0.717, 1.165) is 53.3 Å². The maximum atomic E-state index is 12.1. The Balaban J connectivity index is 1.92. The molecule has 4 rings (SSSR count). The predicted octanol–water partition coefficient (Wildman–Crippen LogP) is 3.78. The number of aliphatic hydroxyl groups is 1. The maximum absolute atomic E-state index is 12.1. The smallest absolute Gasteiger partial charge is 0.137 e. The maximum Gasteiger partial charge on any atom is 0.137 e. The SMILES string of the molecule is COC1=Cc2ccccc2C(O)(C2CCN(C)CC2)c2ccsc21. The van der Waals surface area contributed by atoms with Crippen LogP contribution in [0, 0.1) is 5.92 Å². The number of rotatable bonds is 2. The Morgan fingerprint density at radius 1 is 1.17 bits per heavy atom. The Kier molecular flexibility index (Phi) is 3.99. The Hall–Kier alpha value is -1.62. The average molecular weight is 341 g/mol. The van der Waals surface area contributed by atoms with E-state index < -0.39 is 5.60 Å². The number of methoxy groups -OCH3 is 1. The number of thiophene rings is 1. The lowest BCUT2D eigenvalue weighted by Crippen LogP contribution is -2.43. The topological polar surface area (TPSA) is 32.7 Å². The van der Waals surface area contributed by atoms with Crippen LogP contribution < -0.4 is 0 Å². The molecule has 24 heavy (non-hydrogen) atoms. The van der Waals surface area contributed by atoms with Crippen molar-refractivity contribution in [3.63, 3.8) is 0 Å². The van der Waals surface area contributed by atoms with Crippen molar-refractivity contribution in [1.82, 2.24) is 4.90 Å². The number of hydrogen-bond donors (Lipinski definition) is 1. The van der Waals surface area contributed by atoms with Gasteiger partial charge >= 0.3 is 0 Å². The first-order chi connectivity index (χ1) is 11.6. The van der Waals surface area contributed by atoms with Crippen LogP contribution in [0.25, 0.3) is 11.8 Å². The van der Waals surface area contributed by atoms with E-state index in [-0.39, 0.29) is 5.92 Å². The van der Waals surface area contributed by atoms with Crippen LogP contribution in [0.2, 0.25) is 0 Å². The van der Waals surface area contributed by atoms with Crippen molar-refractivity contribution in [1.29, 1.82) is 0 Å². The van der Waals surface area contributed by atoms with Crippen LogP contribution in [0.5, 0.6) is 0 Å². The minimum absolute atomic E-state index is 0.216. The molecule has 1 N–H and O–H groups in total. The third kappa shape index (κ3) is 2.32. The van der Waals surface area contributed by atoms with E-state index in [2.05, 4.69) is 41.6 Å². The molecule has 1 unspecified atom stereocenters. The van der Waals surface area contributed by atoms with Crippen LogP contribution >= 0.6 is 11.3 Å². The summed E-state index contributed by atoms with van der Waals surface area (Å²) in [6.07, 6.45) is 4.06. The molecule has 0 bridgehead atoms. The summed E-state index contributed by atoms with van der Waals surface area (Å²) in [5.74, 6) is 1.06.